The van der Waals surface area contributed by atoms with Crippen LogP contribution in [0.4, 0.5) is 28.9 Å². The van der Waals surface area contributed by atoms with Crippen LogP contribution in [0.25, 0.3) is 0 Å². The summed E-state index contributed by atoms with van der Waals surface area (Å²) in [6.07, 6.45) is 2.61. The number of likely N-dealkylation sites (tertiary alicyclic amines) is 1. The minimum atomic E-state index is -1.42. The second-order valence-electron chi connectivity index (χ2n) is 12.0. The summed E-state index contributed by atoms with van der Waals surface area (Å²) >= 11 is 6.28. The minimum Gasteiger partial charge on any atom is -0.466 e. The van der Waals surface area contributed by atoms with E-state index in [0.29, 0.717) is 49.5 Å². The average Bonchev–Trinajstić information content (AvgIpc) is 3.51. The molecule has 47 heavy (non-hydrogen) atoms. The van der Waals surface area contributed by atoms with E-state index in [1.54, 1.807) is 12.1 Å². The highest BCUT2D eigenvalue weighted by Crippen LogP contribution is 2.45. The van der Waals surface area contributed by atoms with Crippen molar-refractivity contribution in [3.8, 4) is 0 Å². The number of nitrogens with zero attached hydrogens (tertiary/aromatic N) is 2. The highest BCUT2D eigenvalue weighted by atomic mass is 35.5. The van der Waals surface area contributed by atoms with Gasteiger partial charge in [0.2, 0.25) is 0 Å². The Balaban J connectivity index is 1.17. The molecule has 5 amide bonds. The van der Waals surface area contributed by atoms with E-state index in [1.807, 2.05) is 6.07 Å². The van der Waals surface area contributed by atoms with Gasteiger partial charge in [-0.25, -0.2) is 32.9 Å². The molecule has 3 unspecified atom stereocenters. The zero-order valence-corrected chi connectivity index (χ0v) is 26.5. The number of rotatable bonds is 6. The molecule has 0 aromatic heterocycles. The van der Waals surface area contributed by atoms with Gasteiger partial charge in [0.1, 0.15) is 11.6 Å². The monoisotopic (exact) mass is 673 g/mol. The first-order chi connectivity index (χ1) is 22.5. The summed E-state index contributed by atoms with van der Waals surface area (Å²) in [6, 6.07) is 4.93. The van der Waals surface area contributed by atoms with Gasteiger partial charge in [-0.1, -0.05) is 17.7 Å². The fraction of sp³-hybridized carbons (Fsp3) is 0.438. The molecule has 1 saturated heterocycles. The van der Waals surface area contributed by atoms with Gasteiger partial charge < -0.3 is 24.8 Å². The zero-order chi connectivity index (χ0) is 33.5. The van der Waals surface area contributed by atoms with Gasteiger partial charge in [-0.3, -0.25) is 10.2 Å². The first-order valence-corrected chi connectivity index (χ1v) is 15.6. The van der Waals surface area contributed by atoms with E-state index in [-0.39, 0.29) is 35.5 Å². The van der Waals surface area contributed by atoms with Crippen molar-refractivity contribution in [3.05, 3.63) is 75.5 Å². The van der Waals surface area contributed by atoms with Crippen LogP contribution < -0.4 is 16.0 Å². The lowest BCUT2D eigenvalue weighted by atomic mass is 9.82. The Morgan fingerprint density at radius 2 is 1.83 bits per heavy atom. The number of carbonyl (C=O) groups is 4. The molecule has 3 atom stereocenters. The first kappa shape index (κ1) is 32.7. The summed E-state index contributed by atoms with van der Waals surface area (Å²) in [5.74, 6) is -3.21. The van der Waals surface area contributed by atoms with E-state index in [4.69, 9.17) is 25.8 Å². The highest BCUT2D eigenvalue weighted by molar-refractivity contribution is 6.30. The number of imide groups is 1. The topological polar surface area (TPSA) is 139 Å². The molecule has 0 bridgehead atoms. The summed E-state index contributed by atoms with van der Waals surface area (Å²) in [5.41, 5.74) is 0.639. The lowest BCUT2D eigenvalue weighted by Gasteiger charge is -2.45. The van der Waals surface area contributed by atoms with E-state index < -0.39 is 47.4 Å². The lowest BCUT2D eigenvalue weighted by molar-refractivity contribution is -0.137. The molecule has 250 valence electrons. The number of esters is 1. The molecule has 3 N–H and O–H groups in total. The van der Waals surface area contributed by atoms with E-state index >= 15 is 0 Å². The number of hydrogen-bond donors (Lipinski definition) is 3. The Hall–Kier alpha value is -4.27. The van der Waals surface area contributed by atoms with Crippen LogP contribution in [0.3, 0.4) is 0 Å². The standard InChI is InChI=1S/C32H34ClF2N5O7/c1-45-16-25-26(28(41)46-2)27(17-3-7-22(34)23(35)13-17)40(30(43)37-25)29(42)36-19-5-6-20(15-19)39-11-9-32(10-12-39)21-14-18(33)4-8-24(21)38-31(44)47-32/h3-4,7-8,13-14,19-20,27H,5-6,9-12,15-16H2,1-2H3,(H,36,42)(H,37,43)(H,38,44). The Morgan fingerprint density at radius 1 is 1.06 bits per heavy atom. The molecule has 2 fully saturated rings. The quantitative estimate of drug-likeness (QED) is 0.367. The van der Waals surface area contributed by atoms with Gasteiger partial charge in [-0.15, -0.1) is 0 Å². The maximum Gasteiger partial charge on any atom is 0.412 e. The largest absolute Gasteiger partial charge is 0.466 e. The number of urea groups is 2. The smallest absolute Gasteiger partial charge is 0.412 e. The summed E-state index contributed by atoms with van der Waals surface area (Å²) < 4.78 is 44.2. The minimum absolute atomic E-state index is 0.00378. The second-order valence-corrected chi connectivity index (χ2v) is 12.5. The molecule has 2 aromatic carbocycles. The number of methoxy groups -OCH3 is 2. The molecule has 0 radical (unpaired) electrons. The number of halogens is 3. The molecule has 4 aliphatic rings. The Morgan fingerprint density at radius 3 is 2.53 bits per heavy atom. The molecule has 15 heteroatoms. The van der Waals surface area contributed by atoms with Crippen LogP contribution in [0.2, 0.25) is 5.02 Å². The van der Waals surface area contributed by atoms with Crippen molar-refractivity contribution >= 4 is 41.4 Å². The van der Waals surface area contributed by atoms with Gasteiger partial charge in [0.25, 0.3) is 0 Å². The number of anilines is 1. The van der Waals surface area contributed by atoms with Gasteiger partial charge in [0.05, 0.1) is 30.7 Å². The maximum absolute atomic E-state index is 14.4. The predicted molar refractivity (Wildman–Crippen MR) is 164 cm³/mol. The molecule has 3 heterocycles. The van der Waals surface area contributed by atoms with E-state index in [9.17, 15) is 28.0 Å². The van der Waals surface area contributed by atoms with Crippen LogP contribution in [0.5, 0.6) is 0 Å². The summed E-state index contributed by atoms with van der Waals surface area (Å²) in [7, 11) is 2.48. The molecular weight excluding hydrogens is 640 g/mol. The van der Waals surface area contributed by atoms with Crippen molar-refractivity contribution in [2.75, 3.05) is 39.2 Å². The van der Waals surface area contributed by atoms with Crippen LogP contribution in [0.1, 0.15) is 49.3 Å². The number of ether oxygens (including phenoxy) is 3. The Kier molecular flexibility index (Phi) is 9.09. The molecule has 1 aliphatic carbocycles. The molecule has 12 nitrogen and oxygen atoms in total. The van der Waals surface area contributed by atoms with Crippen molar-refractivity contribution in [3.63, 3.8) is 0 Å². The van der Waals surface area contributed by atoms with Crippen molar-refractivity contribution in [2.24, 2.45) is 0 Å². The third kappa shape index (κ3) is 6.24. The number of fused-ring (bicyclic) bond motifs is 2. The third-order valence-electron chi connectivity index (χ3n) is 9.36. The van der Waals surface area contributed by atoms with Gasteiger partial charge >= 0.3 is 24.1 Å². The van der Waals surface area contributed by atoms with Crippen LogP contribution in [0, 0.1) is 11.6 Å². The normalized spacial score (nSPS) is 23.9. The second kappa shape index (κ2) is 13.1. The number of nitrogens with one attached hydrogen (secondary N) is 3. The van der Waals surface area contributed by atoms with Crippen molar-refractivity contribution < 1.29 is 42.2 Å². The summed E-state index contributed by atoms with van der Waals surface area (Å²) in [5, 5.41) is 8.73. The Labute approximate surface area is 274 Å². The Bertz CT molecular complexity index is 1650. The lowest BCUT2D eigenvalue weighted by Crippen LogP contribution is -2.56. The van der Waals surface area contributed by atoms with Crippen LogP contribution in [-0.4, -0.2) is 79.9 Å². The molecular formula is C32H34ClF2N5O7. The highest BCUT2D eigenvalue weighted by Gasteiger charge is 2.47. The zero-order valence-electron chi connectivity index (χ0n) is 25.7. The van der Waals surface area contributed by atoms with Crippen molar-refractivity contribution in [2.45, 2.75) is 55.8 Å². The maximum atomic E-state index is 14.4. The molecule has 1 spiro atoms. The number of benzene rings is 2. The molecule has 3 aliphatic heterocycles. The van der Waals surface area contributed by atoms with Crippen molar-refractivity contribution in [1.29, 1.82) is 0 Å². The molecule has 1 saturated carbocycles. The average molecular weight is 674 g/mol. The van der Waals surface area contributed by atoms with Crippen LogP contribution in [-0.2, 0) is 24.6 Å². The van der Waals surface area contributed by atoms with Crippen LogP contribution in [0.15, 0.2) is 47.7 Å². The fourth-order valence-corrected chi connectivity index (χ4v) is 7.31. The third-order valence-corrected chi connectivity index (χ3v) is 9.59. The van der Waals surface area contributed by atoms with Crippen LogP contribution >= 0.6 is 11.6 Å². The number of hydrogen-bond acceptors (Lipinski definition) is 8. The van der Waals surface area contributed by atoms with Crippen molar-refractivity contribution in [1.82, 2.24) is 20.4 Å². The fourth-order valence-electron chi connectivity index (χ4n) is 7.14. The van der Waals surface area contributed by atoms with Gasteiger partial charge in [-0.2, -0.15) is 0 Å². The van der Waals surface area contributed by atoms with Gasteiger partial charge in [0.15, 0.2) is 11.6 Å². The van der Waals surface area contributed by atoms with Gasteiger partial charge in [-0.05, 0) is 55.2 Å². The van der Waals surface area contributed by atoms with Gasteiger partial charge in [0, 0.05) is 55.7 Å². The van der Waals surface area contributed by atoms with E-state index in [1.165, 1.54) is 13.2 Å². The number of amides is 5. The predicted octanol–water partition coefficient (Wildman–Crippen LogP) is 4.94. The van der Waals surface area contributed by atoms with E-state index in [2.05, 4.69) is 20.9 Å². The first-order valence-electron chi connectivity index (χ1n) is 15.2. The molecule has 6 rings (SSSR count). The van der Waals surface area contributed by atoms with E-state index in [0.717, 1.165) is 36.1 Å². The summed E-state index contributed by atoms with van der Waals surface area (Å²) in [4.78, 5) is 55.6. The SMILES string of the molecule is COCC1=C(C(=O)OC)C(c2ccc(F)c(F)c2)N(C(=O)NC2CCC(N3CCC4(CC3)OC(=O)Nc3ccc(Cl)cc34)C2)C(=O)N1. The molecule has 2 aromatic rings. The summed E-state index contributed by atoms with van der Waals surface area (Å²) in [6.45, 7) is 1.08. The number of piperidine rings is 1. The number of carbonyl (C=O) groups excluding carboxylic acids is 4.